The van der Waals surface area contributed by atoms with Crippen LogP contribution in [0.15, 0.2) is 48.5 Å². The van der Waals surface area contributed by atoms with Gasteiger partial charge in [0, 0.05) is 23.4 Å². The molecule has 3 aromatic rings. The summed E-state index contributed by atoms with van der Waals surface area (Å²) in [6, 6.07) is 15.0. The fraction of sp³-hybridized carbons (Fsp3) is 0.231. The van der Waals surface area contributed by atoms with Gasteiger partial charge in [0.25, 0.3) is 5.91 Å². The Morgan fingerprint density at radius 1 is 1.06 bits per heavy atom. The number of fused-ring (bicyclic) bond motifs is 2. The van der Waals surface area contributed by atoms with Crippen LogP contribution in [0.2, 0.25) is 5.02 Å². The van der Waals surface area contributed by atoms with Crippen LogP contribution in [0.25, 0.3) is 22.6 Å². The van der Waals surface area contributed by atoms with Crippen molar-refractivity contribution in [3.63, 3.8) is 0 Å². The molecule has 0 spiro atoms. The van der Waals surface area contributed by atoms with Crippen molar-refractivity contribution in [3.8, 4) is 0 Å². The lowest BCUT2D eigenvalue weighted by atomic mass is 10.0. The molecule has 2 aliphatic rings. The van der Waals surface area contributed by atoms with Gasteiger partial charge in [0.2, 0.25) is 5.91 Å². The van der Waals surface area contributed by atoms with Gasteiger partial charge < -0.3 is 4.74 Å². The van der Waals surface area contributed by atoms with Gasteiger partial charge in [-0.05, 0) is 60.2 Å². The standard InChI is InChI=1S/C26H21ClN2O4/c27-18-10-7-16(8-11-18)14-17-9-12-20-24(19-4-1-2-5-21(19)28-25(17)20)26(32)33-15-23(31)29-13-3-6-22(29)30/h1-2,4-5,7-8,10-11,14H,3,6,9,12-13,15H2/b17-14+. The minimum absolute atomic E-state index is 0.219. The molecule has 1 aromatic heterocycles. The van der Waals surface area contributed by atoms with Crippen molar-refractivity contribution >= 4 is 51.9 Å². The molecule has 0 radical (unpaired) electrons. The second kappa shape index (κ2) is 8.79. The highest BCUT2D eigenvalue weighted by atomic mass is 35.5. The van der Waals surface area contributed by atoms with Gasteiger partial charge >= 0.3 is 5.97 Å². The van der Waals surface area contributed by atoms with Crippen molar-refractivity contribution in [3.05, 3.63) is 75.9 Å². The summed E-state index contributed by atoms with van der Waals surface area (Å²) in [5, 5.41) is 1.36. The van der Waals surface area contributed by atoms with E-state index in [1.165, 1.54) is 0 Å². The molecule has 1 fully saturated rings. The first-order valence-electron chi connectivity index (χ1n) is 10.9. The Labute approximate surface area is 195 Å². The molecular formula is C26H21ClN2O4. The minimum atomic E-state index is -0.572. The number of hydrogen-bond donors (Lipinski definition) is 0. The maximum Gasteiger partial charge on any atom is 0.339 e. The molecule has 2 aromatic carbocycles. The van der Waals surface area contributed by atoms with Crippen LogP contribution in [-0.2, 0) is 20.7 Å². The van der Waals surface area contributed by atoms with Gasteiger partial charge in [0.1, 0.15) is 0 Å². The van der Waals surface area contributed by atoms with Crippen LogP contribution in [0.5, 0.6) is 0 Å². The van der Waals surface area contributed by atoms with Crippen molar-refractivity contribution in [1.29, 1.82) is 0 Å². The molecule has 2 heterocycles. The molecule has 0 unspecified atom stereocenters. The van der Waals surface area contributed by atoms with Crippen molar-refractivity contribution in [2.75, 3.05) is 13.2 Å². The Bertz CT molecular complexity index is 1310. The fourth-order valence-corrected chi connectivity index (χ4v) is 4.59. The number of likely N-dealkylation sites (tertiary alicyclic amines) is 1. The number of amides is 2. The number of aromatic nitrogens is 1. The SMILES string of the molecule is O=C(OCC(=O)N1CCCC1=O)c1c2c(nc3ccccc13)/C(=C/c1ccc(Cl)cc1)CC2. The van der Waals surface area contributed by atoms with E-state index in [1.54, 1.807) is 0 Å². The molecule has 0 bridgehead atoms. The molecule has 5 rings (SSSR count). The largest absolute Gasteiger partial charge is 0.452 e. The third kappa shape index (κ3) is 4.14. The lowest BCUT2D eigenvalue weighted by molar-refractivity contribution is -0.143. The Morgan fingerprint density at radius 3 is 2.61 bits per heavy atom. The second-order valence-corrected chi connectivity index (χ2v) is 8.61. The molecule has 7 heteroatoms. The number of nitrogens with zero attached hydrogens (tertiary/aromatic N) is 2. The number of pyridine rings is 1. The highest BCUT2D eigenvalue weighted by Gasteiger charge is 2.30. The van der Waals surface area contributed by atoms with Crippen LogP contribution in [0.4, 0.5) is 0 Å². The number of imide groups is 1. The predicted molar refractivity (Wildman–Crippen MR) is 126 cm³/mol. The Hall–Kier alpha value is -3.51. The third-order valence-corrected chi connectivity index (χ3v) is 6.31. The quantitative estimate of drug-likeness (QED) is 0.528. The molecule has 2 amide bonds. The number of allylic oxidation sites excluding steroid dienone is 1. The van der Waals surface area contributed by atoms with Gasteiger partial charge in [-0.15, -0.1) is 0 Å². The summed E-state index contributed by atoms with van der Waals surface area (Å²) in [6.45, 7) is -0.0783. The van der Waals surface area contributed by atoms with E-state index >= 15 is 0 Å². The van der Waals surface area contributed by atoms with Gasteiger partial charge in [-0.3, -0.25) is 14.5 Å². The van der Waals surface area contributed by atoms with E-state index in [0.717, 1.165) is 33.7 Å². The smallest absolute Gasteiger partial charge is 0.339 e. The zero-order chi connectivity index (χ0) is 22.9. The minimum Gasteiger partial charge on any atom is -0.452 e. The first kappa shape index (κ1) is 21.3. The molecule has 1 aliphatic heterocycles. The molecule has 0 saturated carbocycles. The van der Waals surface area contributed by atoms with E-state index in [2.05, 4.69) is 6.08 Å². The number of carbonyl (C=O) groups is 3. The van der Waals surface area contributed by atoms with E-state index in [1.807, 2.05) is 48.5 Å². The van der Waals surface area contributed by atoms with Crippen LogP contribution in [0.1, 0.15) is 46.4 Å². The van der Waals surface area contributed by atoms with Crippen LogP contribution in [0.3, 0.4) is 0 Å². The zero-order valence-corrected chi connectivity index (χ0v) is 18.6. The molecule has 0 atom stereocenters. The molecular weight excluding hydrogens is 440 g/mol. The highest BCUT2D eigenvalue weighted by molar-refractivity contribution is 6.30. The number of hydrogen-bond acceptors (Lipinski definition) is 5. The number of benzene rings is 2. The molecule has 1 aliphatic carbocycles. The summed E-state index contributed by atoms with van der Waals surface area (Å²) >= 11 is 6.00. The van der Waals surface area contributed by atoms with Gasteiger partial charge in [-0.2, -0.15) is 0 Å². The number of esters is 1. The predicted octanol–water partition coefficient (Wildman–Crippen LogP) is 4.68. The van der Waals surface area contributed by atoms with E-state index in [9.17, 15) is 14.4 Å². The van der Waals surface area contributed by atoms with Crippen LogP contribution >= 0.6 is 11.6 Å². The summed E-state index contributed by atoms with van der Waals surface area (Å²) < 4.78 is 5.41. The van der Waals surface area contributed by atoms with Crippen molar-refractivity contribution in [2.45, 2.75) is 25.7 Å². The maximum atomic E-state index is 13.2. The molecule has 6 nitrogen and oxygen atoms in total. The average molecular weight is 461 g/mol. The van der Waals surface area contributed by atoms with Crippen molar-refractivity contribution in [1.82, 2.24) is 9.88 Å². The van der Waals surface area contributed by atoms with Crippen LogP contribution in [-0.4, -0.2) is 40.8 Å². The normalized spacial score (nSPS) is 16.5. The number of para-hydroxylation sites is 1. The number of halogens is 1. The Balaban J connectivity index is 1.48. The summed E-state index contributed by atoms with van der Waals surface area (Å²) in [4.78, 5) is 43.4. The van der Waals surface area contributed by atoms with Crippen LogP contribution < -0.4 is 0 Å². The lowest BCUT2D eigenvalue weighted by Gasteiger charge is -2.15. The molecule has 1 saturated heterocycles. The monoisotopic (exact) mass is 460 g/mol. The summed E-state index contributed by atoms with van der Waals surface area (Å²) in [6.07, 6.45) is 4.44. The molecule has 0 N–H and O–H groups in total. The Morgan fingerprint density at radius 2 is 1.85 bits per heavy atom. The number of ether oxygens (including phenoxy) is 1. The first-order chi connectivity index (χ1) is 16.0. The Kier molecular flexibility index (Phi) is 5.68. The summed E-state index contributed by atoms with van der Waals surface area (Å²) in [5.74, 6) is -1.27. The van der Waals surface area contributed by atoms with Crippen LogP contribution in [0, 0.1) is 0 Å². The van der Waals surface area contributed by atoms with Gasteiger partial charge in [0.05, 0.1) is 16.8 Å². The summed E-state index contributed by atoms with van der Waals surface area (Å²) in [7, 11) is 0. The van der Waals surface area contributed by atoms with E-state index in [4.69, 9.17) is 21.3 Å². The fourth-order valence-electron chi connectivity index (χ4n) is 4.46. The number of carbonyl (C=O) groups excluding carboxylic acids is 3. The van der Waals surface area contributed by atoms with E-state index < -0.39 is 18.5 Å². The van der Waals surface area contributed by atoms with Gasteiger partial charge in [0.15, 0.2) is 6.61 Å². The summed E-state index contributed by atoms with van der Waals surface area (Å²) in [5.41, 5.74) is 4.76. The highest BCUT2D eigenvalue weighted by Crippen LogP contribution is 2.38. The van der Waals surface area contributed by atoms with Gasteiger partial charge in [-0.25, -0.2) is 9.78 Å². The first-order valence-corrected chi connectivity index (χ1v) is 11.3. The topological polar surface area (TPSA) is 76.6 Å². The average Bonchev–Trinajstić information content (AvgIpc) is 3.43. The lowest BCUT2D eigenvalue weighted by Crippen LogP contribution is -2.35. The van der Waals surface area contributed by atoms with Gasteiger partial charge in [-0.1, -0.05) is 41.9 Å². The third-order valence-electron chi connectivity index (χ3n) is 6.06. The zero-order valence-electron chi connectivity index (χ0n) is 17.8. The van der Waals surface area contributed by atoms with E-state index in [0.29, 0.717) is 47.3 Å². The van der Waals surface area contributed by atoms with Crippen molar-refractivity contribution in [2.24, 2.45) is 0 Å². The molecule has 166 valence electrons. The van der Waals surface area contributed by atoms with Crippen molar-refractivity contribution < 1.29 is 19.1 Å². The van der Waals surface area contributed by atoms with E-state index in [-0.39, 0.29) is 5.91 Å². The number of rotatable bonds is 4. The second-order valence-electron chi connectivity index (χ2n) is 8.17. The maximum absolute atomic E-state index is 13.2. The molecule has 33 heavy (non-hydrogen) atoms.